The molecule has 0 aromatic carbocycles. The summed E-state index contributed by atoms with van der Waals surface area (Å²) in [6, 6.07) is 0. The summed E-state index contributed by atoms with van der Waals surface area (Å²) in [5.41, 5.74) is 1.27. The zero-order chi connectivity index (χ0) is 8.93. The molecule has 2 heteroatoms. The van der Waals surface area contributed by atoms with Crippen LogP contribution >= 0.6 is 11.6 Å². The summed E-state index contributed by atoms with van der Waals surface area (Å²) in [6.07, 6.45) is 3.51. The molecule has 0 N–H and O–H groups in total. The molecular weight excluding hydrogens is 172 g/mol. The molecule has 0 amide bonds. The van der Waals surface area contributed by atoms with E-state index in [2.05, 4.69) is 26.8 Å². The lowest BCUT2D eigenvalue weighted by molar-refractivity contribution is -0.0135. The second-order valence-corrected chi connectivity index (χ2v) is 4.88. The Morgan fingerprint density at radius 1 is 1.58 bits per heavy atom. The topological polar surface area (TPSA) is 9.23 Å². The first-order valence-corrected chi connectivity index (χ1v) is 4.94. The van der Waals surface area contributed by atoms with Crippen LogP contribution in [-0.2, 0) is 4.74 Å². The fourth-order valence-electron chi connectivity index (χ4n) is 2.26. The molecule has 1 saturated heterocycles. The Bertz CT molecular complexity index is 232. The van der Waals surface area contributed by atoms with Crippen LogP contribution in [0, 0.1) is 5.92 Å². The summed E-state index contributed by atoms with van der Waals surface area (Å²) in [7, 11) is 0. The summed E-state index contributed by atoms with van der Waals surface area (Å²) < 4.78 is 5.90. The van der Waals surface area contributed by atoms with Gasteiger partial charge in [0.05, 0.1) is 17.1 Å². The van der Waals surface area contributed by atoms with Crippen molar-refractivity contribution in [3.8, 4) is 0 Å². The van der Waals surface area contributed by atoms with Crippen molar-refractivity contribution in [2.24, 2.45) is 5.92 Å². The Kier molecular flexibility index (Phi) is 1.78. The summed E-state index contributed by atoms with van der Waals surface area (Å²) in [5.74, 6) is 0.493. The Labute approximate surface area is 78.7 Å². The van der Waals surface area contributed by atoms with Crippen LogP contribution in [0.2, 0.25) is 0 Å². The van der Waals surface area contributed by atoms with Crippen LogP contribution in [-0.4, -0.2) is 17.1 Å². The molecule has 1 fully saturated rings. The predicted octanol–water partition coefficient (Wildman–Crippen LogP) is 2.74. The number of rotatable bonds is 0. The standard InChI is InChI=1S/C10H15ClO/c1-6-4-5-7-8(11)9(6)12-10(7,2)3/h4,7-9H,5H2,1-3H3. The first kappa shape index (κ1) is 8.58. The second kappa shape index (κ2) is 2.49. The van der Waals surface area contributed by atoms with Gasteiger partial charge in [-0.2, -0.15) is 0 Å². The van der Waals surface area contributed by atoms with Gasteiger partial charge in [-0.05, 0) is 32.8 Å². The van der Waals surface area contributed by atoms with E-state index in [1.54, 1.807) is 0 Å². The van der Waals surface area contributed by atoms with E-state index in [0.717, 1.165) is 6.42 Å². The zero-order valence-corrected chi connectivity index (χ0v) is 8.56. The highest BCUT2D eigenvalue weighted by Gasteiger charge is 2.50. The number of alkyl halides is 1. The predicted molar refractivity (Wildman–Crippen MR) is 50.5 cm³/mol. The summed E-state index contributed by atoms with van der Waals surface area (Å²) in [6.45, 7) is 6.39. The highest BCUT2D eigenvalue weighted by Crippen LogP contribution is 2.46. The van der Waals surface area contributed by atoms with Crippen LogP contribution in [0.3, 0.4) is 0 Å². The van der Waals surface area contributed by atoms with E-state index in [4.69, 9.17) is 16.3 Å². The van der Waals surface area contributed by atoms with E-state index < -0.39 is 0 Å². The molecule has 0 radical (unpaired) electrons. The van der Waals surface area contributed by atoms with Crippen molar-refractivity contribution in [1.82, 2.24) is 0 Å². The third-order valence-corrected chi connectivity index (χ3v) is 3.67. The van der Waals surface area contributed by atoms with Crippen molar-refractivity contribution >= 4 is 11.6 Å². The zero-order valence-electron chi connectivity index (χ0n) is 7.80. The molecule has 3 atom stereocenters. The number of allylic oxidation sites excluding steroid dienone is 1. The molecule has 1 aliphatic carbocycles. The van der Waals surface area contributed by atoms with Gasteiger partial charge < -0.3 is 4.74 Å². The summed E-state index contributed by atoms with van der Waals surface area (Å²) >= 11 is 6.29. The van der Waals surface area contributed by atoms with Crippen molar-refractivity contribution in [1.29, 1.82) is 0 Å². The number of fused-ring (bicyclic) bond motifs is 2. The lowest BCUT2D eigenvalue weighted by Gasteiger charge is -2.25. The van der Waals surface area contributed by atoms with Crippen molar-refractivity contribution in [3.63, 3.8) is 0 Å². The maximum absolute atomic E-state index is 6.29. The van der Waals surface area contributed by atoms with Crippen molar-refractivity contribution in [2.75, 3.05) is 0 Å². The molecule has 1 nitrogen and oxygen atoms in total. The van der Waals surface area contributed by atoms with Gasteiger partial charge in [-0.25, -0.2) is 0 Å². The van der Waals surface area contributed by atoms with Gasteiger partial charge in [0.15, 0.2) is 0 Å². The molecule has 3 unspecified atom stereocenters. The average Bonchev–Trinajstić information content (AvgIpc) is 2.09. The Balaban J connectivity index is 2.33. The van der Waals surface area contributed by atoms with Crippen LogP contribution in [0.4, 0.5) is 0 Å². The van der Waals surface area contributed by atoms with Crippen LogP contribution in [0.1, 0.15) is 27.2 Å². The highest BCUT2D eigenvalue weighted by molar-refractivity contribution is 6.21. The number of ether oxygens (including phenoxy) is 1. The third kappa shape index (κ3) is 1.03. The monoisotopic (exact) mass is 186 g/mol. The molecule has 2 aliphatic rings. The van der Waals surface area contributed by atoms with E-state index in [0.29, 0.717) is 5.92 Å². The first-order valence-electron chi connectivity index (χ1n) is 4.51. The number of hydrogen-bond donors (Lipinski definition) is 0. The molecule has 0 aromatic rings. The second-order valence-electron chi connectivity index (χ2n) is 4.38. The van der Waals surface area contributed by atoms with Gasteiger partial charge in [-0.3, -0.25) is 0 Å². The van der Waals surface area contributed by atoms with E-state index in [1.807, 2.05) is 0 Å². The quantitative estimate of drug-likeness (QED) is 0.418. The molecule has 68 valence electrons. The number of halogens is 1. The van der Waals surface area contributed by atoms with Crippen LogP contribution in [0.25, 0.3) is 0 Å². The molecule has 0 saturated carbocycles. The van der Waals surface area contributed by atoms with Crippen molar-refractivity contribution < 1.29 is 4.74 Å². The summed E-state index contributed by atoms with van der Waals surface area (Å²) in [5, 5.41) is 0.185. The maximum atomic E-state index is 6.29. The smallest absolute Gasteiger partial charge is 0.0957 e. The fourth-order valence-corrected chi connectivity index (χ4v) is 2.92. The van der Waals surface area contributed by atoms with E-state index in [9.17, 15) is 0 Å². The molecule has 2 bridgehead atoms. The SMILES string of the molecule is CC1=CCC2C(Cl)C1OC2(C)C. The minimum atomic E-state index is -0.0364. The molecule has 2 rings (SSSR count). The largest absolute Gasteiger partial charge is 0.366 e. The normalized spacial score (nSPS) is 44.3. The van der Waals surface area contributed by atoms with Gasteiger partial charge in [0.2, 0.25) is 0 Å². The van der Waals surface area contributed by atoms with Gasteiger partial charge in [0, 0.05) is 5.92 Å². The molecule has 1 aliphatic heterocycles. The van der Waals surface area contributed by atoms with Gasteiger partial charge in [-0.15, -0.1) is 11.6 Å². The van der Waals surface area contributed by atoms with Gasteiger partial charge in [-0.1, -0.05) is 6.08 Å². The fraction of sp³-hybridized carbons (Fsp3) is 0.800. The molecule has 12 heavy (non-hydrogen) atoms. The Morgan fingerprint density at radius 3 is 2.83 bits per heavy atom. The lowest BCUT2D eigenvalue weighted by Crippen LogP contribution is -2.30. The van der Waals surface area contributed by atoms with Crippen LogP contribution < -0.4 is 0 Å². The van der Waals surface area contributed by atoms with E-state index >= 15 is 0 Å². The molecule has 0 spiro atoms. The molecule has 1 heterocycles. The van der Waals surface area contributed by atoms with Crippen molar-refractivity contribution in [3.05, 3.63) is 11.6 Å². The first-order chi connectivity index (χ1) is 5.52. The van der Waals surface area contributed by atoms with Crippen molar-refractivity contribution in [2.45, 2.75) is 44.3 Å². The minimum absolute atomic E-state index is 0.0364. The Morgan fingerprint density at radius 2 is 2.25 bits per heavy atom. The average molecular weight is 187 g/mol. The van der Waals surface area contributed by atoms with Gasteiger partial charge in [0.1, 0.15) is 0 Å². The minimum Gasteiger partial charge on any atom is -0.366 e. The van der Waals surface area contributed by atoms with E-state index in [-0.39, 0.29) is 17.1 Å². The summed E-state index contributed by atoms with van der Waals surface area (Å²) in [4.78, 5) is 0. The van der Waals surface area contributed by atoms with Crippen LogP contribution in [0.5, 0.6) is 0 Å². The lowest BCUT2D eigenvalue weighted by atomic mass is 9.82. The van der Waals surface area contributed by atoms with Gasteiger partial charge in [0.25, 0.3) is 0 Å². The maximum Gasteiger partial charge on any atom is 0.0957 e. The third-order valence-electron chi connectivity index (χ3n) is 3.14. The van der Waals surface area contributed by atoms with E-state index in [1.165, 1.54) is 5.57 Å². The molecular formula is C10H15ClO. The molecule has 0 aromatic heterocycles. The highest BCUT2D eigenvalue weighted by atomic mass is 35.5. The van der Waals surface area contributed by atoms with Gasteiger partial charge >= 0.3 is 0 Å². The van der Waals surface area contributed by atoms with Crippen LogP contribution in [0.15, 0.2) is 11.6 Å². The Hall–Kier alpha value is -0.0100. The number of hydrogen-bond acceptors (Lipinski definition) is 1.